The number of hydrogen-bond acceptors (Lipinski definition) is 11. The maximum Gasteiger partial charge on any atom is 0.320 e. The van der Waals surface area contributed by atoms with Crippen LogP contribution in [0.1, 0.15) is 38.7 Å². The standard InChI is InChI=1S/C31H24O11/c1-39-30-26-24(13-20(35)19-12-22(37)27(40-28(19)26)14-2-6-16(32)7-3-14)42-31(30,15-4-8-17(33)9-5-15)41-23-11-18(34)10-21(36)25(23)29(30)38/h2-11,13,22,27,32-37H,12H2,1H3/t22-,27+,30-,31-/m1/s1. The van der Waals surface area contributed by atoms with Gasteiger partial charge in [-0.2, -0.15) is 0 Å². The predicted octanol–water partition coefficient (Wildman–Crippen LogP) is 3.61. The van der Waals surface area contributed by atoms with Gasteiger partial charge in [-0.25, -0.2) is 0 Å². The van der Waals surface area contributed by atoms with E-state index >= 15 is 0 Å². The average Bonchev–Trinajstić information content (AvgIpc) is 3.24. The van der Waals surface area contributed by atoms with Crippen molar-refractivity contribution in [3.05, 3.63) is 94.5 Å². The van der Waals surface area contributed by atoms with E-state index in [1.165, 1.54) is 49.6 Å². The van der Waals surface area contributed by atoms with Crippen LogP contribution in [0.15, 0.2) is 66.7 Å². The zero-order chi connectivity index (χ0) is 29.6. The summed E-state index contributed by atoms with van der Waals surface area (Å²) in [7, 11) is 1.26. The number of aromatic hydroxyl groups is 5. The molecule has 0 aromatic heterocycles. The highest BCUT2D eigenvalue weighted by Gasteiger charge is 2.74. The number of phenolic OH excluding ortho intramolecular Hbond substituents is 5. The summed E-state index contributed by atoms with van der Waals surface area (Å²) < 4.78 is 25.2. The molecule has 7 rings (SSSR count). The SMILES string of the molecule is CO[C@]12C(=O)c3c(O)cc(O)cc3O[C@]1(c1ccc(O)cc1)Oc1cc(O)c3c(c12)O[C@@H](c1ccc(O)cc1)[C@H](O)C3. The number of carbonyl (C=O) groups is 1. The summed E-state index contributed by atoms with van der Waals surface area (Å²) >= 11 is 0. The Hall–Kier alpha value is -5.13. The first-order chi connectivity index (χ1) is 20.1. The Labute approximate surface area is 238 Å². The highest BCUT2D eigenvalue weighted by atomic mass is 16.7. The van der Waals surface area contributed by atoms with Gasteiger partial charge in [0.05, 0.1) is 11.7 Å². The molecule has 4 aromatic carbocycles. The van der Waals surface area contributed by atoms with E-state index in [1.807, 2.05) is 0 Å². The molecule has 4 atom stereocenters. The molecule has 0 aliphatic carbocycles. The van der Waals surface area contributed by atoms with Crippen LogP contribution in [0.4, 0.5) is 0 Å². The molecule has 0 bridgehead atoms. The lowest BCUT2D eigenvalue weighted by Crippen LogP contribution is -2.61. The highest BCUT2D eigenvalue weighted by Crippen LogP contribution is 2.65. The lowest BCUT2D eigenvalue weighted by molar-refractivity contribution is -0.229. The molecule has 4 aromatic rings. The maximum atomic E-state index is 14.6. The van der Waals surface area contributed by atoms with Gasteiger partial charge in [0, 0.05) is 42.9 Å². The first-order valence-corrected chi connectivity index (χ1v) is 13.0. The van der Waals surface area contributed by atoms with E-state index in [0.717, 1.165) is 12.1 Å². The van der Waals surface area contributed by atoms with Crippen molar-refractivity contribution < 1.29 is 54.4 Å². The van der Waals surface area contributed by atoms with Gasteiger partial charge >= 0.3 is 5.79 Å². The molecule has 0 radical (unpaired) electrons. The van der Waals surface area contributed by atoms with Crippen LogP contribution < -0.4 is 14.2 Å². The third-order valence-electron chi connectivity index (χ3n) is 8.04. The molecule has 0 saturated heterocycles. The second-order valence-electron chi connectivity index (χ2n) is 10.4. The molecule has 11 heteroatoms. The third kappa shape index (κ3) is 3.25. The number of rotatable bonds is 3. The van der Waals surface area contributed by atoms with Crippen molar-refractivity contribution in [2.45, 2.75) is 30.0 Å². The lowest BCUT2D eigenvalue weighted by atomic mass is 9.73. The van der Waals surface area contributed by atoms with E-state index in [1.54, 1.807) is 12.1 Å². The van der Waals surface area contributed by atoms with E-state index in [2.05, 4.69) is 0 Å². The van der Waals surface area contributed by atoms with Crippen molar-refractivity contribution in [1.29, 1.82) is 0 Å². The molecule has 0 fully saturated rings. The number of benzene rings is 4. The molecule has 42 heavy (non-hydrogen) atoms. The minimum absolute atomic E-state index is 0.00884. The monoisotopic (exact) mass is 572 g/mol. The van der Waals surface area contributed by atoms with Crippen molar-refractivity contribution in [2.75, 3.05) is 7.11 Å². The normalized spacial score (nSPS) is 25.2. The third-order valence-corrected chi connectivity index (χ3v) is 8.04. The number of methoxy groups -OCH3 is 1. The topological polar surface area (TPSA) is 175 Å². The highest BCUT2D eigenvalue weighted by molar-refractivity contribution is 6.10. The Kier molecular flexibility index (Phi) is 5.34. The predicted molar refractivity (Wildman–Crippen MR) is 143 cm³/mol. The van der Waals surface area contributed by atoms with Crippen LogP contribution in [0.5, 0.6) is 46.0 Å². The summed E-state index contributed by atoms with van der Waals surface area (Å²) in [5, 5.41) is 62.9. The fraction of sp³-hybridized carbons (Fsp3) is 0.194. The fourth-order valence-corrected chi connectivity index (χ4v) is 6.18. The molecule has 0 amide bonds. The minimum Gasteiger partial charge on any atom is -0.508 e. The van der Waals surface area contributed by atoms with Crippen LogP contribution in [0.25, 0.3) is 0 Å². The van der Waals surface area contributed by atoms with Crippen LogP contribution in [0, 0.1) is 0 Å². The van der Waals surface area contributed by atoms with Gasteiger partial charge in [-0.15, -0.1) is 0 Å². The van der Waals surface area contributed by atoms with Gasteiger partial charge in [-0.05, 0) is 42.0 Å². The largest absolute Gasteiger partial charge is 0.508 e. The summed E-state index contributed by atoms with van der Waals surface area (Å²) in [4.78, 5) is 14.6. The number of aliphatic hydroxyl groups is 1. The summed E-state index contributed by atoms with van der Waals surface area (Å²) in [5.74, 6) is -4.41. The molecular weight excluding hydrogens is 548 g/mol. The number of ether oxygens (including phenoxy) is 4. The van der Waals surface area contributed by atoms with Crippen LogP contribution in [-0.4, -0.2) is 49.6 Å². The first kappa shape index (κ1) is 25.8. The van der Waals surface area contributed by atoms with Gasteiger partial charge in [0.15, 0.2) is 0 Å². The van der Waals surface area contributed by atoms with E-state index in [4.69, 9.17) is 18.9 Å². The zero-order valence-electron chi connectivity index (χ0n) is 21.9. The fourth-order valence-electron chi connectivity index (χ4n) is 6.18. The van der Waals surface area contributed by atoms with Gasteiger partial charge in [0.25, 0.3) is 0 Å². The number of hydrogen-bond donors (Lipinski definition) is 6. The van der Waals surface area contributed by atoms with Crippen LogP contribution in [0.3, 0.4) is 0 Å². The molecule has 3 aliphatic heterocycles. The van der Waals surface area contributed by atoms with Gasteiger partial charge in [0.1, 0.15) is 57.7 Å². The van der Waals surface area contributed by atoms with E-state index in [9.17, 15) is 35.4 Å². The van der Waals surface area contributed by atoms with Crippen LogP contribution in [0.2, 0.25) is 0 Å². The van der Waals surface area contributed by atoms with Crippen molar-refractivity contribution in [2.24, 2.45) is 0 Å². The van der Waals surface area contributed by atoms with Crippen LogP contribution >= 0.6 is 0 Å². The molecule has 11 nitrogen and oxygen atoms in total. The Morgan fingerprint density at radius 3 is 2.12 bits per heavy atom. The smallest absolute Gasteiger partial charge is 0.320 e. The van der Waals surface area contributed by atoms with Gasteiger partial charge in [-0.1, -0.05) is 12.1 Å². The van der Waals surface area contributed by atoms with Crippen molar-refractivity contribution >= 4 is 5.78 Å². The summed E-state index contributed by atoms with van der Waals surface area (Å²) in [6.07, 6.45) is -2.16. The van der Waals surface area contributed by atoms with E-state index in [-0.39, 0.29) is 68.9 Å². The molecule has 3 aliphatic rings. The number of aliphatic hydroxyl groups excluding tert-OH is 1. The molecule has 214 valence electrons. The van der Waals surface area contributed by atoms with E-state index in [0.29, 0.717) is 5.56 Å². The van der Waals surface area contributed by atoms with Crippen molar-refractivity contribution in [1.82, 2.24) is 0 Å². The molecule has 0 saturated carbocycles. The Bertz CT molecular complexity index is 1770. The summed E-state index contributed by atoms with van der Waals surface area (Å²) in [5.41, 5.74) is -1.51. The Morgan fingerprint density at radius 2 is 1.45 bits per heavy atom. The molecule has 6 N–H and O–H groups in total. The summed E-state index contributed by atoms with van der Waals surface area (Å²) in [6.45, 7) is 0. The number of fused-ring (bicyclic) bond motifs is 6. The number of Topliss-reactive ketones (excluding diaryl/α,β-unsaturated/α-hetero) is 1. The quantitative estimate of drug-likeness (QED) is 0.212. The Morgan fingerprint density at radius 1 is 0.810 bits per heavy atom. The van der Waals surface area contributed by atoms with Gasteiger partial charge < -0.3 is 49.6 Å². The molecule has 0 unspecified atom stereocenters. The second kappa shape index (κ2) is 8.68. The van der Waals surface area contributed by atoms with Crippen molar-refractivity contribution in [3.63, 3.8) is 0 Å². The first-order valence-electron chi connectivity index (χ1n) is 13.0. The molecule has 0 spiro atoms. The maximum absolute atomic E-state index is 14.6. The zero-order valence-corrected chi connectivity index (χ0v) is 21.9. The van der Waals surface area contributed by atoms with Crippen LogP contribution in [-0.2, 0) is 22.5 Å². The lowest BCUT2D eigenvalue weighted by Gasteiger charge is -2.45. The molecule has 3 heterocycles. The summed E-state index contributed by atoms with van der Waals surface area (Å²) in [6, 6.07) is 15.1. The average molecular weight is 573 g/mol. The minimum atomic E-state index is -2.19. The number of ketones is 1. The van der Waals surface area contributed by atoms with Crippen molar-refractivity contribution in [3.8, 4) is 46.0 Å². The number of phenols is 5. The Balaban J connectivity index is 1.52. The van der Waals surface area contributed by atoms with Gasteiger partial charge in [0.2, 0.25) is 11.4 Å². The van der Waals surface area contributed by atoms with E-state index < -0.39 is 35.1 Å². The van der Waals surface area contributed by atoms with Gasteiger partial charge in [-0.3, -0.25) is 4.79 Å². The second-order valence-corrected chi connectivity index (χ2v) is 10.4. The number of carbonyl (C=O) groups excluding carboxylic acids is 1. The molecular formula is C31H24O11.